The molecule has 2 atom stereocenters. The standard InChI is InChI=1S/C17H23NO/c1-12(2)18(17(19)14-8-9-14)11-15-10-16(15)13-6-4-3-5-7-13/h3-7,12,14-16H,8-11H2,1-2H3/t15-,16?/m1/s1. The molecule has 1 aromatic carbocycles. The van der Waals surface area contributed by atoms with E-state index in [0.29, 0.717) is 29.7 Å². The minimum atomic E-state index is 0.338. The Labute approximate surface area is 115 Å². The number of rotatable bonds is 5. The third-order valence-electron chi connectivity index (χ3n) is 4.41. The lowest BCUT2D eigenvalue weighted by Gasteiger charge is -2.27. The summed E-state index contributed by atoms with van der Waals surface area (Å²) in [5.74, 6) is 2.09. The molecule has 2 fully saturated rings. The second kappa shape index (κ2) is 4.99. The van der Waals surface area contributed by atoms with Crippen LogP contribution in [-0.4, -0.2) is 23.4 Å². The van der Waals surface area contributed by atoms with Gasteiger partial charge in [0.2, 0.25) is 5.91 Å². The summed E-state index contributed by atoms with van der Waals surface area (Å²) < 4.78 is 0. The predicted octanol–water partition coefficient (Wildman–Crippen LogP) is 3.44. The molecule has 0 bridgehead atoms. The van der Waals surface area contributed by atoms with Gasteiger partial charge in [-0.05, 0) is 50.5 Å². The van der Waals surface area contributed by atoms with Crippen LogP contribution in [0, 0.1) is 11.8 Å². The highest BCUT2D eigenvalue weighted by atomic mass is 16.2. The summed E-state index contributed by atoms with van der Waals surface area (Å²) in [5, 5.41) is 0. The zero-order valence-corrected chi connectivity index (χ0v) is 11.9. The van der Waals surface area contributed by atoms with Crippen molar-refractivity contribution in [2.75, 3.05) is 6.54 Å². The molecule has 1 aromatic rings. The van der Waals surface area contributed by atoms with Gasteiger partial charge in [0.05, 0.1) is 0 Å². The van der Waals surface area contributed by atoms with Gasteiger partial charge in [0.25, 0.3) is 0 Å². The Kier molecular flexibility index (Phi) is 3.34. The van der Waals surface area contributed by atoms with Crippen molar-refractivity contribution in [2.24, 2.45) is 11.8 Å². The van der Waals surface area contributed by atoms with Crippen LogP contribution >= 0.6 is 0 Å². The minimum Gasteiger partial charge on any atom is -0.340 e. The molecule has 0 heterocycles. The highest BCUT2D eigenvalue weighted by Gasteiger charge is 2.42. The first-order chi connectivity index (χ1) is 9.16. The van der Waals surface area contributed by atoms with Gasteiger partial charge < -0.3 is 4.90 Å². The van der Waals surface area contributed by atoms with Crippen LogP contribution in [0.3, 0.4) is 0 Å². The third kappa shape index (κ3) is 2.83. The molecule has 0 radical (unpaired) electrons. The first kappa shape index (κ1) is 12.7. The number of amides is 1. The van der Waals surface area contributed by atoms with Gasteiger partial charge in [-0.3, -0.25) is 4.79 Å². The fourth-order valence-corrected chi connectivity index (χ4v) is 2.93. The number of carbonyl (C=O) groups excluding carboxylic acids is 1. The molecule has 1 unspecified atom stereocenters. The van der Waals surface area contributed by atoms with E-state index in [4.69, 9.17) is 0 Å². The molecule has 0 saturated heterocycles. The van der Waals surface area contributed by atoms with E-state index >= 15 is 0 Å². The second-order valence-corrected chi connectivity index (χ2v) is 6.37. The van der Waals surface area contributed by atoms with E-state index in [0.717, 1.165) is 19.4 Å². The molecular weight excluding hydrogens is 234 g/mol. The molecular formula is C17H23NO. The van der Waals surface area contributed by atoms with E-state index < -0.39 is 0 Å². The summed E-state index contributed by atoms with van der Waals surface area (Å²) in [6, 6.07) is 11.1. The first-order valence-electron chi connectivity index (χ1n) is 7.52. The van der Waals surface area contributed by atoms with Crippen LogP contribution in [0.4, 0.5) is 0 Å². The smallest absolute Gasteiger partial charge is 0.225 e. The van der Waals surface area contributed by atoms with Gasteiger partial charge in [0.15, 0.2) is 0 Å². The summed E-state index contributed by atoms with van der Waals surface area (Å²) >= 11 is 0. The van der Waals surface area contributed by atoms with Crippen molar-refractivity contribution in [3.8, 4) is 0 Å². The summed E-state index contributed by atoms with van der Waals surface area (Å²) in [4.78, 5) is 14.4. The highest BCUT2D eigenvalue weighted by Crippen LogP contribution is 2.48. The SMILES string of the molecule is CC(C)N(C[C@H]1CC1c1ccccc1)C(=O)C1CC1. The molecule has 0 spiro atoms. The van der Waals surface area contributed by atoms with E-state index in [2.05, 4.69) is 49.1 Å². The molecule has 2 saturated carbocycles. The lowest BCUT2D eigenvalue weighted by atomic mass is 10.1. The van der Waals surface area contributed by atoms with Crippen molar-refractivity contribution in [2.45, 2.75) is 45.1 Å². The number of hydrogen-bond donors (Lipinski definition) is 0. The normalized spacial score (nSPS) is 25.4. The van der Waals surface area contributed by atoms with Gasteiger partial charge in [-0.15, -0.1) is 0 Å². The van der Waals surface area contributed by atoms with E-state index in [9.17, 15) is 4.79 Å². The Bertz CT molecular complexity index is 450. The van der Waals surface area contributed by atoms with E-state index in [-0.39, 0.29) is 0 Å². The van der Waals surface area contributed by atoms with Crippen LogP contribution in [0.25, 0.3) is 0 Å². The Morgan fingerprint density at radius 3 is 2.53 bits per heavy atom. The number of benzene rings is 1. The lowest BCUT2D eigenvalue weighted by Crippen LogP contribution is -2.39. The summed E-state index contributed by atoms with van der Waals surface area (Å²) in [6.45, 7) is 5.23. The second-order valence-electron chi connectivity index (χ2n) is 6.37. The van der Waals surface area contributed by atoms with Gasteiger partial charge in [-0.1, -0.05) is 30.3 Å². The van der Waals surface area contributed by atoms with Crippen LogP contribution in [0.1, 0.15) is 44.6 Å². The van der Waals surface area contributed by atoms with Crippen molar-refractivity contribution in [1.82, 2.24) is 4.90 Å². The quantitative estimate of drug-likeness (QED) is 0.791. The Morgan fingerprint density at radius 2 is 1.95 bits per heavy atom. The summed E-state index contributed by atoms with van der Waals surface area (Å²) in [6.07, 6.45) is 3.45. The van der Waals surface area contributed by atoms with Gasteiger partial charge in [-0.25, -0.2) is 0 Å². The average Bonchev–Trinajstić information content (AvgIpc) is 3.28. The molecule has 3 rings (SSSR count). The van der Waals surface area contributed by atoms with Gasteiger partial charge in [-0.2, -0.15) is 0 Å². The first-order valence-corrected chi connectivity index (χ1v) is 7.52. The lowest BCUT2D eigenvalue weighted by molar-refractivity contribution is -0.134. The fraction of sp³-hybridized carbons (Fsp3) is 0.588. The number of carbonyl (C=O) groups is 1. The zero-order valence-electron chi connectivity index (χ0n) is 11.9. The van der Waals surface area contributed by atoms with E-state index in [1.165, 1.54) is 12.0 Å². The van der Waals surface area contributed by atoms with E-state index in [1.54, 1.807) is 0 Å². The van der Waals surface area contributed by atoms with Crippen molar-refractivity contribution in [3.63, 3.8) is 0 Å². The van der Waals surface area contributed by atoms with Gasteiger partial charge in [0.1, 0.15) is 0 Å². The maximum Gasteiger partial charge on any atom is 0.225 e. The Balaban J connectivity index is 1.60. The number of hydrogen-bond acceptors (Lipinski definition) is 1. The van der Waals surface area contributed by atoms with Crippen molar-refractivity contribution in [3.05, 3.63) is 35.9 Å². The summed E-state index contributed by atoms with van der Waals surface area (Å²) in [5.41, 5.74) is 1.44. The Morgan fingerprint density at radius 1 is 1.26 bits per heavy atom. The van der Waals surface area contributed by atoms with E-state index in [1.807, 2.05) is 0 Å². The molecule has 2 aliphatic rings. The molecule has 0 N–H and O–H groups in total. The van der Waals surface area contributed by atoms with Crippen LogP contribution in [0.5, 0.6) is 0 Å². The van der Waals surface area contributed by atoms with Crippen molar-refractivity contribution < 1.29 is 4.79 Å². The molecule has 2 aliphatic carbocycles. The topological polar surface area (TPSA) is 20.3 Å². The monoisotopic (exact) mass is 257 g/mol. The minimum absolute atomic E-state index is 0.338. The number of nitrogens with zero attached hydrogens (tertiary/aromatic N) is 1. The third-order valence-corrected chi connectivity index (χ3v) is 4.41. The molecule has 0 aliphatic heterocycles. The van der Waals surface area contributed by atoms with Gasteiger partial charge >= 0.3 is 0 Å². The van der Waals surface area contributed by atoms with Crippen molar-refractivity contribution in [1.29, 1.82) is 0 Å². The maximum atomic E-state index is 12.3. The Hall–Kier alpha value is -1.31. The fourth-order valence-electron chi connectivity index (χ4n) is 2.93. The molecule has 19 heavy (non-hydrogen) atoms. The van der Waals surface area contributed by atoms with Crippen molar-refractivity contribution >= 4 is 5.91 Å². The van der Waals surface area contributed by atoms with Crippen LogP contribution in [0.15, 0.2) is 30.3 Å². The zero-order chi connectivity index (χ0) is 13.4. The molecule has 102 valence electrons. The maximum absolute atomic E-state index is 12.3. The molecule has 2 nitrogen and oxygen atoms in total. The molecule has 0 aromatic heterocycles. The molecule has 2 heteroatoms. The summed E-state index contributed by atoms with van der Waals surface area (Å²) in [7, 11) is 0. The van der Waals surface area contributed by atoms with Gasteiger partial charge in [0, 0.05) is 18.5 Å². The van der Waals surface area contributed by atoms with Crippen LogP contribution in [-0.2, 0) is 4.79 Å². The van der Waals surface area contributed by atoms with Crippen LogP contribution < -0.4 is 0 Å². The largest absolute Gasteiger partial charge is 0.340 e. The predicted molar refractivity (Wildman–Crippen MR) is 76.9 cm³/mol. The average molecular weight is 257 g/mol. The highest BCUT2D eigenvalue weighted by molar-refractivity contribution is 5.81. The molecule has 1 amide bonds. The van der Waals surface area contributed by atoms with Crippen LogP contribution in [0.2, 0.25) is 0 Å².